The molecule has 0 saturated carbocycles. The highest BCUT2D eigenvalue weighted by Crippen LogP contribution is 2.22. The summed E-state index contributed by atoms with van der Waals surface area (Å²) in [5.41, 5.74) is 6.13. The molecule has 1 aliphatic rings. The molecular formula is C12H28N4. The summed E-state index contributed by atoms with van der Waals surface area (Å²) in [6.45, 7) is 9.79. The Labute approximate surface area is 100 Å². The monoisotopic (exact) mass is 228 g/mol. The maximum absolute atomic E-state index is 5.87. The first-order chi connectivity index (χ1) is 7.36. The molecule has 0 spiro atoms. The fourth-order valence-electron chi connectivity index (χ4n) is 2.24. The van der Waals surface area contributed by atoms with Crippen LogP contribution in [0.15, 0.2) is 0 Å². The first-order valence-electron chi connectivity index (χ1n) is 6.17. The molecule has 0 aliphatic carbocycles. The summed E-state index contributed by atoms with van der Waals surface area (Å²) >= 11 is 0. The van der Waals surface area contributed by atoms with Gasteiger partial charge in [-0.1, -0.05) is 0 Å². The summed E-state index contributed by atoms with van der Waals surface area (Å²) in [6, 6.07) is 0.512. The molecule has 1 heterocycles. The van der Waals surface area contributed by atoms with E-state index in [0.29, 0.717) is 6.04 Å². The van der Waals surface area contributed by atoms with Crippen LogP contribution in [0, 0.1) is 0 Å². The van der Waals surface area contributed by atoms with E-state index in [9.17, 15) is 0 Å². The zero-order valence-electron chi connectivity index (χ0n) is 11.5. The molecule has 2 N–H and O–H groups in total. The van der Waals surface area contributed by atoms with E-state index in [-0.39, 0.29) is 5.54 Å². The number of rotatable bonds is 4. The van der Waals surface area contributed by atoms with E-state index in [1.165, 1.54) is 0 Å². The molecule has 96 valence electrons. The number of piperazine rings is 1. The highest BCUT2D eigenvalue weighted by atomic mass is 15.3. The van der Waals surface area contributed by atoms with Gasteiger partial charge in [0.2, 0.25) is 0 Å². The normalized spacial score (nSPS) is 27.6. The van der Waals surface area contributed by atoms with Crippen LogP contribution >= 0.6 is 0 Å². The van der Waals surface area contributed by atoms with Gasteiger partial charge in [0.25, 0.3) is 0 Å². The second-order valence-electron chi connectivity index (χ2n) is 5.86. The lowest BCUT2D eigenvalue weighted by atomic mass is 9.96. The van der Waals surface area contributed by atoms with E-state index in [1.807, 2.05) is 0 Å². The standard InChI is InChI=1S/C12H28N4/c1-12(2)10-16(7-6-14(3)4)11(8-13)9-15(12)5/h11H,6-10,13H2,1-5H3. The number of likely N-dealkylation sites (N-methyl/N-ethyl adjacent to an activating group) is 2. The Balaban J connectivity index is 2.58. The van der Waals surface area contributed by atoms with Gasteiger partial charge in [0.05, 0.1) is 0 Å². The van der Waals surface area contributed by atoms with E-state index in [4.69, 9.17) is 5.73 Å². The summed E-state index contributed by atoms with van der Waals surface area (Å²) in [7, 11) is 6.45. The molecule has 1 unspecified atom stereocenters. The van der Waals surface area contributed by atoms with Gasteiger partial charge in [-0.3, -0.25) is 9.80 Å². The van der Waals surface area contributed by atoms with Crippen LogP contribution in [0.5, 0.6) is 0 Å². The van der Waals surface area contributed by atoms with Crippen LogP contribution in [0.25, 0.3) is 0 Å². The van der Waals surface area contributed by atoms with Gasteiger partial charge in [-0.05, 0) is 35.0 Å². The third-order valence-electron chi connectivity index (χ3n) is 3.73. The largest absolute Gasteiger partial charge is 0.329 e. The third kappa shape index (κ3) is 3.42. The molecule has 0 amide bonds. The summed E-state index contributed by atoms with van der Waals surface area (Å²) < 4.78 is 0. The molecule has 1 rings (SSSR count). The van der Waals surface area contributed by atoms with Crippen molar-refractivity contribution in [2.45, 2.75) is 25.4 Å². The van der Waals surface area contributed by atoms with Crippen molar-refractivity contribution in [2.75, 3.05) is 53.9 Å². The highest BCUT2D eigenvalue weighted by molar-refractivity contribution is 4.93. The van der Waals surface area contributed by atoms with Gasteiger partial charge < -0.3 is 10.6 Å². The summed E-state index contributed by atoms with van der Waals surface area (Å²) in [4.78, 5) is 7.20. The molecule has 1 saturated heterocycles. The van der Waals surface area contributed by atoms with Crippen molar-refractivity contribution in [3.8, 4) is 0 Å². The van der Waals surface area contributed by atoms with Crippen molar-refractivity contribution in [2.24, 2.45) is 5.73 Å². The van der Waals surface area contributed by atoms with Crippen molar-refractivity contribution in [3.63, 3.8) is 0 Å². The van der Waals surface area contributed by atoms with Crippen LogP contribution < -0.4 is 5.73 Å². The van der Waals surface area contributed by atoms with Crippen LogP contribution in [0.1, 0.15) is 13.8 Å². The minimum absolute atomic E-state index is 0.262. The van der Waals surface area contributed by atoms with E-state index in [1.54, 1.807) is 0 Å². The van der Waals surface area contributed by atoms with E-state index >= 15 is 0 Å². The molecule has 0 aromatic rings. The van der Waals surface area contributed by atoms with Crippen molar-refractivity contribution in [3.05, 3.63) is 0 Å². The van der Waals surface area contributed by atoms with Crippen LogP contribution in [0.3, 0.4) is 0 Å². The number of hydrogen-bond acceptors (Lipinski definition) is 4. The minimum atomic E-state index is 0.262. The molecule has 4 nitrogen and oxygen atoms in total. The molecule has 16 heavy (non-hydrogen) atoms. The highest BCUT2D eigenvalue weighted by Gasteiger charge is 2.35. The summed E-state index contributed by atoms with van der Waals surface area (Å²) in [6.07, 6.45) is 0. The summed E-state index contributed by atoms with van der Waals surface area (Å²) in [5, 5.41) is 0. The average Bonchev–Trinajstić information content (AvgIpc) is 2.19. The zero-order chi connectivity index (χ0) is 12.3. The van der Waals surface area contributed by atoms with Crippen LogP contribution in [-0.4, -0.2) is 80.1 Å². The third-order valence-corrected chi connectivity index (χ3v) is 3.73. The van der Waals surface area contributed by atoms with Gasteiger partial charge in [-0.25, -0.2) is 0 Å². The van der Waals surface area contributed by atoms with Crippen LogP contribution in [0.4, 0.5) is 0 Å². The smallest absolute Gasteiger partial charge is 0.0347 e. The molecule has 1 fully saturated rings. The fourth-order valence-corrected chi connectivity index (χ4v) is 2.24. The summed E-state index contributed by atoms with van der Waals surface area (Å²) in [5.74, 6) is 0. The average molecular weight is 228 g/mol. The molecule has 4 heteroatoms. The number of nitrogens with zero attached hydrogens (tertiary/aromatic N) is 3. The van der Waals surface area contributed by atoms with Crippen LogP contribution in [0.2, 0.25) is 0 Å². The van der Waals surface area contributed by atoms with Crippen molar-refractivity contribution in [1.82, 2.24) is 14.7 Å². The molecular weight excluding hydrogens is 200 g/mol. The molecule has 1 atom stereocenters. The molecule has 0 aromatic heterocycles. The maximum atomic E-state index is 5.87. The first-order valence-corrected chi connectivity index (χ1v) is 6.17. The maximum Gasteiger partial charge on any atom is 0.0347 e. The first kappa shape index (κ1) is 13.9. The van der Waals surface area contributed by atoms with E-state index < -0.39 is 0 Å². The molecule has 0 radical (unpaired) electrons. The Morgan fingerprint density at radius 2 is 2.00 bits per heavy atom. The van der Waals surface area contributed by atoms with Gasteiger partial charge in [-0.15, -0.1) is 0 Å². The topological polar surface area (TPSA) is 35.7 Å². The van der Waals surface area contributed by atoms with Gasteiger partial charge in [0, 0.05) is 44.3 Å². The Hall–Kier alpha value is -0.160. The lowest BCUT2D eigenvalue weighted by molar-refractivity contribution is -0.000402. The minimum Gasteiger partial charge on any atom is -0.329 e. The Morgan fingerprint density at radius 1 is 1.38 bits per heavy atom. The number of hydrogen-bond donors (Lipinski definition) is 1. The molecule has 0 bridgehead atoms. The Bertz CT molecular complexity index is 215. The second kappa shape index (κ2) is 5.45. The van der Waals surface area contributed by atoms with E-state index in [0.717, 1.165) is 32.7 Å². The quantitative estimate of drug-likeness (QED) is 0.729. The predicted molar refractivity (Wildman–Crippen MR) is 69.7 cm³/mol. The van der Waals surface area contributed by atoms with Crippen LogP contribution in [-0.2, 0) is 0 Å². The van der Waals surface area contributed by atoms with Gasteiger partial charge in [-0.2, -0.15) is 0 Å². The Morgan fingerprint density at radius 3 is 2.50 bits per heavy atom. The van der Waals surface area contributed by atoms with E-state index in [2.05, 4.69) is 49.7 Å². The zero-order valence-corrected chi connectivity index (χ0v) is 11.5. The Kier molecular flexibility index (Phi) is 4.73. The number of nitrogens with two attached hydrogens (primary N) is 1. The second-order valence-corrected chi connectivity index (χ2v) is 5.86. The van der Waals surface area contributed by atoms with Gasteiger partial charge in [0.15, 0.2) is 0 Å². The van der Waals surface area contributed by atoms with Crippen molar-refractivity contribution < 1.29 is 0 Å². The molecule has 0 aromatic carbocycles. The van der Waals surface area contributed by atoms with Crippen molar-refractivity contribution >= 4 is 0 Å². The molecule has 1 aliphatic heterocycles. The fraction of sp³-hybridized carbons (Fsp3) is 1.00. The van der Waals surface area contributed by atoms with Gasteiger partial charge >= 0.3 is 0 Å². The predicted octanol–water partition coefficient (Wildman–Crippen LogP) is -0.0987. The van der Waals surface area contributed by atoms with Gasteiger partial charge in [0.1, 0.15) is 0 Å². The SMILES string of the molecule is CN(C)CCN1CC(C)(C)N(C)CC1CN. The van der Waals surface area contributed by atoms with Crippen molar-refractivity contribution in [1.29, 1.82) is 0 Å². The lowest BCUT2D eigenvalue weighted by Gasteiger charge is -2.49. The lowest BCUT2D eigenvalue weighted by Crippen LogP contribution is -2.64.